The molecule has 2 rings (SSSR count). The molecule has 1 fully saturated rings. The summed E-state index contributed by atoms with van der Waals surface area (Å²) in [5, 5.41) is 7.78. The average Bonchev–Trinajstić information content (AvgIpc) is 2.83. The van der Waals surface area contributed by atoms with Gasteiger partial charge in [-0.15, -0.1) is 0 Å². The smallest absolute Gasteiger partial charge is 0.0518 e. The molecular weight excluding hydrogens is 200 g/mol. The van der Waals surface area contributed by atoms with Crippen LogP contribution in [0.2, 0.25) is 0 Å². The van der Waals surface area contributed by atoms with E-state index in [4.69, 9.17) is 0 Å². The van der Waals surface area contributed by atoms with Crippen LogP contribution in [0, 0.1) is 0 Å². The van der Waals surface area contributed by atoms with Crippen molar-refractivity contribution in [2.45, 2.75) is 38.9 Å². The van der Waals surface area contributed by atoms with Gasteiger partial charge in [0, 0.05) is 38.4 Å². The largest absolute Gasteiger partial charge is 0.307 e. The van der Waals surface area contributed by atoms with E-state index in [2.05, 4.69) is 35.2 Å². The molecule has 2 heterocycles. The van der Waals surface area contributed by atoms with Crippen LogP contribution in [0.4, 0.5) is 0 Å². The fraction of sp³-hybridized carbons (Fsp3) is 0.750. The Kier molecular flexibility index (Phi) is 3.61. The first kappa shape index (κ1) is 11.6. The molecule has 0 bridgehead atoms. The van der Waals surface area contributed by atoms with Crippen molar-refractivity contribution in [1.82, 2.24) is 20.0 Å². The highest BCUT2D eigenvalue weighted by atomic mass is 15.3. The van der Waals surface area contributed by atoms with Crippen molar-refractivity contribution in [2.24, 2.45) is 7.05 Å². The number of nitrogens with one attached hydrogen (secondary N) is 1. The average molecular weight is 222 g/mol. The molecule has 16 heavy (non-hydrogen) atoms. The molecule has 1 N–H and O–H groups in total. The minimum absolute atomic E-state index is 0.636. The molecule has 4 nitrogen and oxygen atoms in total. The van der Waals surface area contributed by atoms with Gasteiger partial charge in [0.25, 0.3) is 0 Å². The number of aryl methyl sites for hydroxylation is 1. The zero-order valence-electron chi connectivity index (χ0n) is 10.5. The van der Waals surface area contributed by atoms with Crippen LogP contribution >= 0.6 is 0 Å². The van der Waals surface area contributed by atoms with E-state index in [-0.39, 0.29) is 0 Å². The lowest BCUT2D eigenvalue weighted by Crippen LogP contribution is -2.35. The second-order valence-electron chi connectivity index (χ2n) is 4.90. The van der Waals surface area contributed by atoms with Crippen molar-refractivity contribution in [2.75, 3.05) is 13.1 Å². The number of hydrogen-bond acceptors (Lipinski definition) is 3. The molecule has 1 aliphatic rings. The van der Waals surface area contributed by atoms with Crippen LogP contribution in [-0.2, 0) is 13.6 Å². The van der Waals surface area contributed by atoms with Gasteiger partial charge in [-0.05, 0) is 32.9 Å². The molecule has 1 saturated heterocycles. The fourth-order valence-electron chi connectivity index (χ4n) is 2.25. The maximum absolute atomic E-state index is 4.17. The standard InChI is InChI=1S/C12H22N4/c1-10(2)16-7-5-11(9-16)13-8-12-4-6-14-15(12)3/h4,6,10-11,13H,5,7-9H2,1-3H3. The predicted octanol–water partition coefficient (Wildman–Crippen LogP) is 0.992. The van der Waals surface area contributed by atoms with Crippen molar-refractivity contribution in [3.63, 3.8) is 0 Å². The van der Waals surface area contributed by atoms with E-state index in [0.717, 1.165) is 6.54 Å². The molecular formula is C12H22N4. The summed E-state index contributed by atoms with van der Waals surface area (Å²) in [6, 6.07) is 3.38. The zero-order valence-corrected chi connectivity index (χ0v) is 10.5. The zero-order chi connectivity index (χ0) is 11.5. The van der Waals surface area contributed by atoms with Crippen LogP contribution in [0.5, 0.6) is 0 Å². The van der Waals surface area contributed by atoms with Crippen molar-refractivity contribution in [3.05, 3.63) is 18.0 Å². The van der Waals surface area contributed by atoms with Crippen molar-refractivity contribution < 1.29 is 0 Å². The minimum Gasteiger partial charge on any atom is -0.307 e. The van der Waals surface area contributed by atoms with Gasteiger partial charge < -0.3 is 5.32 Å². The lowest BCUT2D eigenvalue weighted by molar-refractivity contribution is 0.268. The van der Waals surface area contributed by atoms with Gasteiger partial charge in [0.05, 0.1) is 5.69 Å². The van der Waals surface area contributed by atoms with E-state index < -0.39 is 0 Å². The van der Waals surface area contributed by atoms with Crippen molar-refractivity contribution >= 4 is 0 Å². The molecule has 1 aromatic heterocycles. The van der Waals surface area contributed by atoms with Gasteiger partial charge in [0.2, 0.25) is 0 Å². The molecule has 1 aliphatic heterocycles. The molecule has 4 heteroatoms. The van der Waals surface area contributed by atoms with Crippen molar-refractivity contribution in [1.29, 1.82) is 0 Å². The summed E-state index contributed by atoms with van der Waals surface area (Å²) in [7, 11) is 1.99. The summed E-state index contributed by atoms with van der Waals surface area (Å²) in [5.41, 5.74) is 1.25. The first-order valence-electron chi connectivity index (χ1n) is 6.11. The van der Waals surface area contributed by atoms with Gasteiger partial charge in [-0.2, -0.15) is 5.10 Å². The Bertz CT molecular complexity index is 332. The molecule has 0 aliphatic carbocycles. The Morgan fingerprint density at radius 3 is 2.94 bits per heavy atom. The van der Waals surface area contributed by atoms with Crippen LogP contribution in [-0.4, -0.2) is 39.9 Å². The lowest BCUT2D eigenvalue weighted by atomic mass is 10.2. The number of hydrogen-bond donors (Lipinski definition) is 1. The van der Waals surface area contributed by atoms with Crippen LogP contribution in [0.15, 0.2) is 12.3 Å². The molecule has 0 saturated carbocycles. The quantitative estimate of drug-likeness (QED) is 0.825. The molecule has 0 aromatic carbocycles. The SMILES string of the molecule is CC(C)N1CCC(NCc2ccnn2C)C1. The van der Waals surface area contributed by atoms with Crippen LogP contribution < -0.4 is 5.32 Å². The summed E-state index contributed by atoms with van der Waals surface area (Å²) in [6.45, 7) is 7.86. The number of likely N-dealkylation sites (tertiary alicyclic amines) is 1. The van der Waals surface area contributed by atoms with Gasteiger partial charge >= 0.3 is 0 Å². The molecule has 1 unspecified atom stereocenters. The first-order valence-corrected chi connectivity index (χ1v) is 6.11. The Hall–Kier alpha value is -0.870. The molecule has 90 valence electrons. The van der Waals surface area contributed by atoms with Crippen LogP contribution in [0.1, 0.15) is 26.0 Å². The predicted molar refractivity (Wildman–Crippen MR) is 65.2 cm³/mol. The molecule has 0 spiro atoms. The van der Waals surface area contributed by atoms with E-state index in [1.807, 2.05) is 17.9 Å². The number of rotatable bonds is 4. The second-order valence-corrected chi connectivity index (χ2v) is 4.90. The molecule has 0 radical (unpaired) electrons. The van der Waals surface area contributed by atoms with Crippen molar-refractivity contribution in [3.8, 4) is 0 Å². The monoisotopic (exact) mass is 222 g/mol. The number of nitrogens with zero attached hydrogens (tertiary/aromatic N) is 3. The van der Waals surface area contributed by atoms with Gasteiger partial charge in [-0.3, -0.25) is 9.58 Å². The Morgan fingerprint density at radius 1 is 1.56 bits per heavy atom. The van der Waals surface area contributed by atoms with E-state index in [0.29, 0.717) is 12.1 Å². The summed E-state index contributed by atoms with van der Waals surface area (Å²) in [4.78, 5) is 2.53. The summed E-state index contributed by atoms with van der Waals surface area (Å²) >= 11 is 0. The van der Waals surface area contributed by atoms with Gasteiger partial charge in [-0.25, -0.2) is 0 Å². The lowest BCUT2D eigenvalue weighted by Gasteiger charge is -2.20. The minimum atomic E-state index is 0.636. The van der Waals surface area contributed by atoms with Gasteiger partial charge in [0.1, 0.15) is 0 Å². The number of aromatic nitrogens is 2. The highest BCUT2D eigenvalue weighted by Crippen LogP contribution is 2.12. The van der Waals surface area contributed by atoms with Gasteiger partial charge in [-0.1, -0.05) is 0 Å². The summed E-state index contributed by atoms with van der Waals surface area (Å²) in [6.07, 6.45) is 3.11. The maximum atomic E-state index is 4.17. The maximum Gasteiger partial charge on any atom is 0.0518 e. The third-order valence-electron chi connectivity index (χ3n) is 3.44. The summed E-state index contributed by atoms with van der Waals surface area (Å²) < 4.78 is 1.93. The normalized spacial score (nSPS) is 22.1. The fourth-order valence-corrected chi connectivity index (χ4v) is 2.25. The Balaban J connectivity index is 1.78. The first-order chi connectivity index (χ1) is 7.66. The van der Waals surface area contributed by atoms with E-state index >= 15 is 0 Å². The third-order valence-corrected chi connectivity index (χ3v) is 3.44. The van der Waals surface area contributed by atoms with E-state index in [1.165, 1.54) is 25.2 Å². The Morgan fingerprint density at radius 2 is 2.38 bits per heavy atom. The highest BCUT2D eigenvalue weighted by molar-refractivity contribution is 5.00. The topological polar surface area (TPSA) is 33.1 Å². The van der Waals surface area contributed by atoms with Crippen LogP contribution in [0.25, 0.3) is 0 Å². The molecule has 0 amide bonds. The van der Waals surface area contributed by atoms with Gasteiger partial charge in [0.15, 0.2) is 0 Å². The molecule has 1 aromatic rings. The second kappa shape index (κ2) is 4.97. The van der Waals surface area contributed by atoms with Crippen LogP contribution in [0.3, 0.4) is 0 Å². The molecule has 1 atom stereocenters. The van der Waals surface area contributed by atoms with E-state index in [9.17, 15) is 0 Å². The highest BCUT2D eigenvalue weighted by Gasteiger charge is 2.23. The van der Waals surface area contributed by atoms with E-state index in [1.54, 1.807) is 0 Å². The third kappa shape index (κ3) is 2.62. The Labute approximate surface area is 97.6 Å². The summed E-state index contributed by atoms with van der Waals surface area (Å²) in [5.74, 6) is 0.